The smallest absolute Gasteiger partial charge is 0.286 e. The van der Waals surface area contributed by atoms with Gasteiger partial charge < -0.3 is 10.6 Å². The normalized spacial score (nSPS) is 21.3. The van der Waals surface area contributed by atoms with E-state index in [0.717, 1.165) is 23.5 Å². The van der Waals surface area contributed by atoms with Crippen LogP contribution in [0.5, 0.6) is 0 Å². The lowest BCUT2D eigenvalue weighted by Crippen LogP contribution is -2.28. The Morgan fingerprint density at radius 2 is 1.25 bits per heavy atom. The fourth-order valence-corrected chi connectivity index (χ4v) is 4.13. The molecular weight excluding hydrogens is 408 g/mol. The summed E-state index contributed by atoms with van der Waals surface area (Å²) in [5, 5.41) is 6.90. The number of amides is 6. The number of benzene rings is 1. The molecule has 3 rings (SSSR count). The van der Waals surface area contributed by atoms with Crippen LogP contribution in [0.3, 0.4) is 0 Å². The third-order valence-electron chi connectivity index (χ3n) is 3.71. The molecule has 2 atom stereocenters. The van der Waals surface area contributed by atoms with E-state index in [0.29, 0.717) is 11.4 Å². The van der Waals surface area contributed by atoms with Gasteiger partial charge in [0.05, 0.1) is 0 Å². The minimum atomic E-state index is -0.770. The Morgan fingerprint density at radius 1 is 0.821 bits per heavy atom. The summed E-state index contributed by atoms with van der Waals surface area (Å²) in [6, 6.07) is 6.31. The number of imide groups is 2. The highest BCUT2D eigenvalue weighted by atomic mass is 32.2. The van der Waals surface area contributed by atoms with Crippen molar-refractivity contribution in [3.05, 3.63) is 24.3 Å². The van der Waals surface area contributed by atoms with Gasteiger partial charge in [-0.05, 0) is 18.2 Å². The van der Waals surface area contributed by atoms with Gasteiger partial charge in [-0.15, -0.1) is 0 Å². The molecule has 4 N–H and O–H groups in total. The van der Waals surface area contributed by atoms with Gasteiger partial charge in [-0.2, -0.15) is 0 Å². The van der Waals surface area contributed by atoms with E-state index in [-0.39, 0.29) is 12.8 Å². The SMILES string of the molecule is O=C(C[C@H]1SC(=O)NC1=O)Nc1cccc(NC(=O)C[C@H]2SC(=O)NC2=O)c1. The Balaban J connectivity index is 1.53. The van der Waals surface area contributed by atoms with Crippen LogP contribution in [0.25, 0.3) is 0 Å². The van der Waals surface area contributed by atoms with Crippen molar-refractivity contribution in [1.82, 2.24) is 10.6 Å². The number of thioether (sulfide) groups is 2. The first-order valence-electron chi connectivity index (χ1n) is 8.03. The van der Waals surface area contributed by atoms with Crippen LogP contribution in [-0.4, -0.2) is 44.6 Å². The molecule has 6 amide bonds. The summed E-state index contributed by atoms with van der Waals surface area (Å²) < 4.78 is 0. The summed E-state index contributed by atoms with van der Waals surface area (Å²) in [4.78, 5) is 69.4. The molecule has 10 nitrogen and oxygen atoms in total. The molecule has 2 saturated heterocycles. The van der Waals surface area contributed by atoms with Gasteiger partial charge >= 0.3 is 0 Å². The molecule has 2 aliphatic rings. The average molecular weight is 422 g/mol. The second kappa shape index (κ2) is 8.44. The van der Waals surface area contributed by atoms with Crippen LogP contribution in [0, 0.1) is 0 Å². The molecule has 2 fully saturated rings. The van der Waals surface area contributed by atoms with Crippen molar-refractivity contribution in [2.24, 2.45) is 0 Å². The molecular formula is C16H14N4O6S2. The third-order valence-corrected chi connectivity index (χ3v) is 5.67. The van der Waals surface area contributed by atoms with Gasteiger partial charge in [0, 0.05) is 24.2 Å². The summed E-state index contributed by atoms with van der Waals surface area (Å²) >= 11 is 1.53. The lowest BCUT2D eigenvalue weighted by molar-refractivity contribution is -0.122. The maximum Gasteiger partial charge on any atom is 0.286 e. The number of nitrogens with one attached hydrogen (secondary N) is 4. The van der Waals surface area contributed by atoms with Crippen molar-refractivity contribution < 1.29 is 28.8 Å². The predicted molar refractivity (Wildman–Crippen MR) is 103 cm³/mol. The van der Waals surface area contributed by atoms with Gasteiger partial charge in [0.15, 0.2) is 0 Å². The number of carbonyl (C=O) groups is 6. The van der Waals surface area contributed by atoms with Gasteiger partial charge in [0.1, 0.15) is 10.5 Å². The zero-order valence-electron chi connectivity index (χ0n) is 14.1. The lowest BCUT2D eigenvalue weighted by atomic mass is 10.2. The minimum absolute atomic E-state index is 0.166. The van der Waals surface area contributed by atoms with E-state index in [1.807, 2.05) is 0 Å². The summed E-state index contributed by atoms with van der Waals surface area (Å²) in [7, 11) is 0. The van der Waals surface area contributed by atoms with E-state index in [4.69, 9.17) is 0 Å². The number of carbonyl (C=O) groups excluding carboxylic acids is 6. The van der Waals surface area contributed by atoms with Crippen LogP contribution >= 0.6 is 23.5 Å². The highest BCUT2D eigenvalue weighted by molar-refractivity contribution is 8.15. The quantitative estimate of drug-likeness (QED) is 0.531. The second-order valence-electron chi connectivity index (χ2n) is 5.85. The molecule has 0 aliphatic carbocycles. The van der Waals surface area contributed by atoms with E-state index in [1.165, 1.54) is 6.07 Å². The molecule has 1 aromatic carbocycles. The molecule has 1 aromatic rings. The molecule has 0 spiro atoms. The molecule has 0 aromatic heterocycles. The van der Waals surface area contributed by atoms with Crippen molar-refractivity contribution >= 4 is 69.0 Å². The first-order chi connectivity index (χ1) is 13.3. The van der Waals surface area contributed by atoms with Crippen LogP contribution in [0.15, 0.2) is 24.3 Å². The van der Waals surface area contributed by atoms with E-state index < -0.39 is 44.6 Å². The number of hydrogen-bond donors (Lipinski definition) is 4. The van der Waals surface area contributed by atoms with Crippen LogP contribution in [0.4, 0.5) is 21.0 Å². The van der Waals surface area contributed by atoms with Crippen molar-refractivity contribution in [2.75, 3.05) is 10.6 Å². The highest BCUT2D eigenvalue weighted by Crippen LogP contribution is 2.24. The predicted octanol–water partition coefficient (Wildman–Crippen LogP) is 1.05. The van der Waals surface area contributed by atoms with Crippen molar-refractivity contribution in [2.45, 2.75) is 23.3 Å². The van der Waals surface area contributed by atoms with Gasteiger partial charge in [-0.1, -0.05) is 29.6 Å². The Labute approximate surface area is 166 Å². The van der Waals surface area contributed by atoms with Gasteiger partial charge in [-0.3, -0.25) is 39.4 Å². The maximum absolute atomic E-state index is 12.1. The summed E-state index contributed by atoms with van der Waals surface area (Å²) in [5.41, 5.74) is 0.779. The molecule has 0 saturated carbocycles. The molecule has 0 unspecified atom stereocenters. The monoisotopic (exact) mass is 422 g/mol. The first-order valence-corrected chi connectivity index (χ1v) is 9.79. The van der Waals surface area contributed by atoms with Crippen LogP contribution in [0.2, 0.25) is 0 Å². The molecule has 0 bridgehead atoms. The van der Waals surface area contributed by atoms with E-state index in [9.17, 15) is 28.8 Å². The van der Waals surface area contributed by atoms with Gasteiger partial charge in [0.2, 0.25) is 23.6 Å². The zero-order chi connectivity index (χ0) is 20.3. The molecule has 12 heteroatoms. The Bertz CT molecular complexity index is 822. The third kappa shape index (κ3) is 5.10. The van der Waals surface area contributed by atoms with E-state index in [1.54, 1.807) is 18.2 Å². The van der Waals surface area contributed by atoms with Crippen LogP contribution < -0.4 is 21.3 Å². The van der Waals surface area contributed by atoms with E-state index in [2.05, 4.69) is 21.3 Å². The Kier molecular flexibility index (Phi) is 5.99. The van der Waals surface area contributed by atoms with E-state index >= 15 is 0 Å². The highest BCUT2D eigenvalue weighted by Gasteiger charge is 2.34. The maximum atomic E-state index is 12.1. The second-order valence-corrected chi connectivity index (χ2v) is 8.20. The topological polar surface area (TPSA) is 151 Å². The fraction of sp³-hybridized carbons (Fsp3) is 0.250. The van der Waals surface area contributed by atoms with Gasteiger partial charge in [-0.25, -0.2) is 0 Å². The molecule has 146 valence electrons. The number of hydrogen-bond acceptors (Lipinski definition) is 8. The summed E-state index contributed by atoms with van der Waals surface area (Å²) in [6.07, 6.45) is -0.332. The minimum Gasteiger partial charge on any atom is -0.326 e. The fourth-order valence-electron chi connectivity index (χ4n) is 2.49. The largest absolute Gasteiger partial charge is 0.326 e. The zero-order valence-corrected chi connectivity index (χ0v) is 15.8. The summed E-state index contributed by atoms with van der Waals surface area (Å²) in [5.74, 6) is -1.91. The Hall–Kier alpha value is -2.86. The molecule has 0 radical (unpaired) electrons. The van der Waals surface area contributed by atoms with Crippen LogP contribution in [-0.2, 0) is 19.2 Å². The molecule has 2 heterocycles. The summed E-state index contributed by atoms with van der Waals surface area (Å²) in [6.45, 7) is 0. The standard InChI is InChI=1S/C16H14N4O6S2/c21-11(5-9-13(23)19-15(25)27-9)17-7-2-1-3-8(4-7)18-12(22)6-10-14(24)20-16(26)28-10/h1-4,9-10H,5-6H2,(H,17,21)(H,18,22)(H,19,23,25)(H,20,24,26)/t9-,10-/m1/s1. The van der Waals surface area contributed by atoms with Gasteiger partial charge in [0.25, 0.3) is 10.5 Å². The molecule has 2 aliphatic heterocycles. The van der Waals surface area contributed by atoms with Crippen molar-refractivity contribution in [3.8, 4) is 0 Å². The van der Waals surface area contributed by atoms with Crippen molar-refractivity contribution in [1.29, 1.82) is 0 Å². The van der Waals surface area contributed by atoms with Crippen molar-refractivity contribution in [3.63, 3.8) is 0 Å². The average Bonchev–Trinajstić information content (AvgIpc) is 3.07. The lowest BCUT2D eigenvalue weighted by Gasteiger charge is -2.10. The first kappa shape index (κ1) is 19.9. The Morgan fingerprint density at radius 3 is 1.61 bits per heavy atom. The number of anilines is 2. The van der Waals surface area contributed by atoms with Crippen LogP contribution in [0.1, 0.15) is 12.8 Å². The molecule has 28 heavy (non-hydrogen) atoms. The number of rotatable bonds is 6.